The van der Waals surface area contributed by atoms with Crippen LogP contribution in [0.5, 0.6) is 0 Å². The number of ether oxygens (including phenoxy) is 3. The molecule has 98 valence electrons. The van der Waals surface area contributed by atoms with E-state index >= 15 is 0 Å². The highest BCUT2D eigenvalue weighted by atomic mass is 16.6. The van der Waals surface area contributed by atoms with Crippen molar-refractivity contribution in [3.8, 4) is 0 Å². The van der Waals surface area contributed by atoms with Crippen LogP contribution in [0.15, 0.2) is 0 Å². The Balaban J connectivity index is 1.80. The van der Waals surface area contributed by atoms with Gasteiger partial charge >= 0.3 is 0 Å². The fraction of sp³-hybridized carbons (Fsp3) is 0.909. The Morgan fingerprint density at radius 2 is 2.24 bits per heavy atom. The van der Waals surface area contributed by atoms with Gasteiger partial charge in [0.1, 0.15) is 0 Å². The molecule has 0 aromatic carbocycles. The van der Waals surface area contributed by atoms with E-state index in [1.807, 2.05) is 6.92 Å². The zero-order valence-corrected chi connectivity index (χ0v) is 10.1. The van der Waals surface area contributed by atoms with Crippen LogP contribution in [-0.2, 0) is 19.0 Å². The van der Waals surface area contributed by atoms with Gasteiger partial charge in [-0.05, 0) is 6.92 Å². The van der Waals surface area contributed by atoms with Crippen molar-refractivity contribution >= 4 is 5.91 Å². The van der Waals surface area contributed by atoms with Gasteiger partial charge in [0, 0.05) is 12.6 Å². The van der Waals surface area contributed by atoms with Crippen molar-refractivity contribution in [1.82, 2.24) is 5.32 Å². The molecule has 0 saturated carbocycles. The summed E-state index contributed by atoms with van der Waals surface area (Å²) in [6, 6.07) is -0.244. The van der Waals surface area contributed by atoms with E-state index in [2.05, 4.69) is 5.32 Å². The third-order valence-electron chi connectivity index (χ3n) is 3.41. The lowest BCUT2D eigenvalue weighted by Crippen LogP contribution is -2.52. The fourth-order valence-electron chi connectivity index (χ4n) is 1.99. The Morgan fingerprint density at radius 3 is 2.82 bits per heavy atom. The van der Waals surface area contributed by atoms with Gasteiger partial charge in [-0.15, -0.1) is 0 Å². The minimum Gasteiger partial charge on any atom is -0.379 e. The maximum Gasteiger partial charge on any atom is 0.230 e. The molecule has 3 unspecified atom stereocenters. The summed E-state index contributed by atoms with van der Waals surface area (Å²) in [4.78, 5) is 12.1. The van der Waals surface area contributed by atoms with Crippen molar-refractivity contribution in [1.29, 1.82) is 0 Å². The first-order valence-electron chi connectivity index (χ1n) is 5.94. The van der Waals surface area contributed by atoms with Gasteiger partial charge < -0.3 is 25.3 Å². The third-order valence-corrected chi connectivity index (χ3v) is 3.41. The van der Waals surface area contributed by atoms with Crippen molar-refractivity contribution in [2.45, 2.75) is 19.1 Å². The second-order valence-electron chi connectivity index (χ2n) is 4.82. The van der Waals surface area contributed by atoms with E-state index in [-0.39, 0.29) is 18.1 Å². The molecule has 2 aliphatic rings. The number of hydrogen-bond acceptors (Lipinski definition) is 5. The van der Waals surface area contributed by atoms with E-state index in [9.17, 15) is 4.79 Å². The molecule has 3 atom stereocenters. The molecule has 2 heterocycles. The second kappa shape index (κ2) is 5.30. The fourth-order valence-corrected chi connectivity index (χ4v) is 1.99. The van der Waals surface area contributed by atoms with Crippen LogP contribution in [0, 0.1) is 5.41 Å². The minimum atomic E-state index is -0.629. The number of nitrogens with two attached hydrogens (primary N) is 1. The van der Waals surface area contributed by atoms with Gasteiger partial charge in [0.05, 0.1) is 44.6 Å². The maximum atomic E-state index is 12.1. The van der Waals surface area contributed by atoms with E-state index in [0.717, 1.165) is 0 Å². The van der Waals surface area contributed by atoms with Crippen LogP contribution in [0.25, 0.3) is 0 Å². The van der Waals surface area contributed by atoms with Crippen LogP contribution in [0.3, 0.4) is 0 Å². The third kappa shape index (κ3) is 2.77. The van der Waals surface area contributed by atoms with Crippen molar-refractivity contribution in [2.24, 2.45) is 11.1 Å². The summed E-state index contributed by atoms with van der Waals surface area (Å²) in [5.74, 6) is -0.0725. The van der Waals surface area contributed by atoms with Crippen LogP contribution in [-0.4, -0.2) is 57.6 Å². The monoisotopic (exact) mass is 244 g/mol. The first-order valence-corrected chi connectivity index (χ1v) is 5.94. The molecule has 6 nitrogen and oxygen atoms in total. The number of nitrogens with one attached hydrogen (secondary N) is 1. The zero-order valence-electron chi connectivity index (χ0n) is 10.1. The number of amides is 1. The average molecular weight is 244 g/mol. The summed E-state index contributed by atoms with van der Waals surface area (Å²) in [6.07, 6.45) is -0.0603. The van der Waals surface area contributed by atoms with Crippen LogP contribution in [0.4, 0.5) is 0 Å². The molecule has 2 saturated heterocycles. The lowest BCUT2D eigenvalue weighted by atomic mass is 9.85. The van der Waals surface area contributed by atoms with Crippen molar-refractivity contribution in [3.63, 3.8) is 0 Å². The summed E-state index contributed by atoms with van der Waals surface area (Å²) < 4.78 is 16.0. The van der Waals surface area contributed by atoms with E-state index in [4.69, 9.17) is 19.9 Å². The summed E-state index contributed by atoms with van der Waals surface area (Å²) in [7, 11) is 0. The molecular weight excluding hydrogens is 224 g/mol. The maximum absolute atomic E-state index is 12.1. The lowest BCUT2D eigenvalue weighted by molar-refractivity contribution is -0.133. The van der Waals surface area contributed by atoms with E-state index in [1.54, 1.807) is 0 Å². The highest BCUT2D eigenvalue weighted by molar-refractivity contribution is 5.83. The van der Waals surface area contributed by atoms with Crippen molar-refractivity contribution < 1.29 is 19.0 Å². The summed E-state index contributed by atoms with van der Waals surface area (Å²) in [5, 5.41) is 2.86. The standard InChI is InChI=1S/C11H20N2O4/c1-11(7-16-6-9(11)12)10(14)13-4-8-5-15-2-3-17-8/h8-9H,2-7,12H2,1H3,(H,13,14). The van der Waals surface area contributed by atoms with E-state index in [1.165, 1.54) is 0 Å². The van der Waals surface area contributed by atoms with Gasteiger partial charge in [-0.25, -0.2) is 0 Å². The Morgan fingerprint density at radius 1 is 1.41 bits per heavy atom. The number of carbonyl (C=O) groups is 1. The van der Waals surface area contributed by atoms with E-state index in [0.29, 0.717) is 39.6 Å². The molecule has 0 radical (unpaired) electrons. The molecule has 2 fully saturated rings. The Kier molecular flexibility index (Phi) is 3.98. The Labute approximate surface area is 101 Å². The van der Waals surface area contributed by atoms with Crippen molar-refractivity contribution in [2.75, 3.05) is 39.6 Å². The molecule has 6 heteroatoms. The zero-order chi connectivity index (χ0) is 12.3. The van der Waals surface area contributed by atoms with E-state index < -0.39 is 5.41 Å². The molecule has 0 aromatic rings. The predicted octanol–water partition coefficient (Wildman–Crippen LogP) is -1.12. The Bertz CT molecular complexity index is 281. The largest absolute Gasteiger partial charge is 0.379 e. The first kappa shape index (κ1) is 12.8. The van der Waals surface area contributed by atoms with Gasteiger partial charge in [-0.3, -0.25) is 4.79 Å². The van der Waals surface area contributed by atoms with Gasteiger partial charge in [-0.1, -0.05) is 0 Å². The first-order chi connectivity index (χ1) is 8.13. The molecule has 1 amide bonds. The van der Waals surface area contributed by atoms with Gasteiger partial charge in [0.25, 0.3) is 0 Å². The highest BCUT2D eigenvalue weighted by Crippen LogP contribution is 2.27. The topological polar surface area (TPSA) is 82.8 Å². The lowest BCUT2D eigenvalue weighted by Gasteiger charge is -2.28. The number of rotatable bonds is 3. The molecular formula is C11H20N2O4. The van der Waals surface area contributed by atoms with Crippen LogP contribution in [0.1, 0.15) is 6.92 Å². The minimum absolute atomic E-state index is 0.0603. The number of carbonyl (C=O) groups excluding carboxylic acids is 1. The second-order valence-corrected chi connectivity index (χ2v) is 4.82. The molecule has 0 bridgehead atoms. The Hall–Kier alpha value is -0.690. The molecule has 0 aromatic heterocycles. The molecule has 3 N–H and O–H groups in total. The summed E-state index contributed by atoms with van der Waals surface area (Å²) >= 11 is 0. The molecule has 0 aliphatic carbocycles. The SMILES string of the molecule is CC1(C(=O)NCC2COCCO2)COCC1N. The molecule has 17 heavy (non-hydrogen) atoms. The van der Waals surface area contributed by atoms with Crippen LogP contribution < -0.4 is 11.1 Å². The van der Waals surface area contributed by atoms with Crippen LogP contribution in [0.2, 0.25) is 0 Å². The highest BCUT2D eigenvalue weighted by Gasteiger charge is 2.44. The van der Waals surface area contributed by atoms with Crippen LogP contribution >= 0.6 is 0 Å². The smallest absolute Gasteiger partial charge is 0.230 e. The molecule has 2 rings (SSSR count). The average Bonchev–Trinajstić information content (AvgIpc) is 2.69. The van der Waals surface area contributed by atoms with Gasteiger partial charge in [-0.2, -0.15) is 0 Å². The van der Waals surface area contributed by atoms with Gasteiger partial charge in [0.2, 0.25) is 5.91 Å². The summed E-state index contributed by atoms with van der Waals surface area (Å²) in [5.41, 5.74) is 5.25. The summed E-state index contributed by atoms with van der Waals surface area (Å²) in [6.45, 7) is 4.84. The number of hydrogen-bond donors (Lipinski definition) is 2. The predicted molar refractivity (Wildman–Crippen MR) is 60.5 cm³/mol. The molecule has 0 spiro atoms. The van der Waals surface area contributed by atoms with Crippen molar-refractivity contribution in [3.05, 3.63) is 0 Å². The normalized spacial score (nSPS) is 38.0. The van der Waals surface area contributed by atoms with Gasteiger partial charge in [0.15, 0.2) is 0 Å². The molecule has 2 aliphatic heterocycles. The quantitative estimate of drug-likeness (QED) is 0.657.